The molecule has 0 radical (unpaired) electrons. The Labute approximate surface area is 120 Å². The van der Waals surface area contributed by atoms with Gasteiger partial charge in [0, 0.05) is 23.1 Å². The first-order valence-electron chi connectivity index (χ1n) is 6.16. The molecule has 1 aliphatic rings. The highest BCUT2D eigenvalue weighted by molar-refractivity contribution is 6.33. The van der Waals surface area contributed by atoms with Crippen LogP contribution in [0.25, 0.3) is 0 Å². The van der Waals surface area contributed by atoms with Crippen molar-refractivity contribution in [2.75, 3.05) is 0 Å². The molecule has 1 saturated carbocycles. The Morgan fingerprint density at radius 3 is 2.65 bits per heavy atom. The molecule has 6 nitrogen and oxygen atoms in total. The molecule has 0 aromatic heterocycles. The van der Waals surface area contributed by atoms with Crippen LogP contribution in [0, 0.1) is 15.5 Å². The number of nitro benzene ring substituents is 1. The van der Waals surface area contributed by atoms with Crippen molar-refractivity contribution in [1.82, 2.24) is 5.32 Å². The monoisotopic (exact) mass is 298 g/mol. The SMILES string of the molecule is CC1(C)C(O)CC1NC(=O)c1ccc([N+](=O)[O-])c(Cl)c1. The third kappa shape index (κ3) is 2.48. The first-order chi connectivity index (χ1) is 9.23. The van der Waals surface area contributed by atoms with E-state index in [0.717, 1.165) is 0 Å². The fourth-order valence-corrected chi connectivity index (χ4v) is 2.43. The van der Waals surface area contributed by atoms with E-state index in [9.17, 15) is 20.0 Å². The maximum atomic E-state index is 12.1. The zero-order chi connectivity index (χ0) is 15.1. The molecule has 1 aliphatic carbocycles. The van der Waals surface area contributed by atoms with Gasteiger partial charge < -0.3 is 10.4 Å². The molecule has 2 atom stereocenters. The zero-order valence-corrected chi connectivity index (χ0v) is 11.8. The molecule has 20 heavy (non-hydrogen) atoms. The summed E-state index contributed by atoms with van der Waals surface area (Å²) in [5.74, 6) is -0.355. The molecule has 0 heterocycles. The molecule has 108 valence electrons. The van der Waals surface area contributed by atoms with E-state index >= 15 is 0 Å². The highest BCUT2D eigenvalue weighted by atomic mass is 35.5. The molecular weight excluding hydrogens is 284 g/mol. The molecule has 0 bridgehead atoms. The van der Waals surface area contributed by atoms with Gasteiger partial charge in [0.2, 0.25) is 0 Å². The number of aliphatic hydroxyl groups is 1. The Morgan fingerprint density at radius 1 is 1.55 bits per heavy atom. The third-order valence-corrected chi connectivity index (χ3v) is 4.23. The van der Waals surface area contributed by atoms with Crippen molar-refractivity contribution in [3.05, 3.63) is 38.9 Å². The average Bonchev–Trinajstić information content (AvgIpc) is 2.37. The largest absolute Gasteiger partial charge is 0.392 e. The van der Waals surface area contributed by atoms with Crippen LogP contribution in [-0.2, 0) is 0 Å². The first-order valence-corrected chi connectivity index (χ1v) is 6.54. The van der Waals surface area contributed by atoms with Crippen molar-refractivity contribution in [1.29, 1.82) is 0 Å². The van der Waals surface area contributed by atoms with Crippen LogP contribution in [0.5, 0.6) is 0 Å². The zero-order valence-electron chi connectivity index (χ0n) is 11.1. The lowest BCUT2D eigenvalue weighted by atomic mass is 9.64. The van der Waals surface area contributed by atoms with Gasteiger partial charge in [-0.15, -0.1) is 0 Å². The second-order valence-corrected chi connectivity index (χ2v) is 5.93. The minimum absolute atomic E-state index is 0.0736. The number of amides is 1. The number of rotatable bonds is 3. The third-order valence-electron chi connectivity index (χ3n) is 3.93. The van der Waals surface area contributed by atoms with Crippen molar-refractivity contribution >= 4 is 23.2 Å². The van der Waals surface area contributed by atoms with Crippen LogP contribution in [0.15, 0.2) is 18.2 Å². The van der Waals surface area contributed by atoms with Gasteiger partial charge in [-0.25, -0.2) is 0 Å². The van der Waals surface area contributed by atoms with Crippen LogP contribution in [0.4, 0.5) is 5.69 Å². The fourth-order valence-electron chi connectivity index (χ4n) is 2.19. The molecular formula is C13H15ClN2O4. The van der Waals surface area contributed by atoms with E-state index in [2.05, 4.69) is 5.32 Å². The van der Waals surface area contributed by atoms with Crippen LogP contribution in [0.1, 0.15) is 30.6 Å². The van der Waals surface area contributed by atoms with E-state index in [4.69, 9.17) is 11.6 Å². The summed E-state index contributed by atoms with van der Waals surface area (Å²) >= 11 is 5.77. The Morgan fingerprint density at radius 2 is 2.20 bits per heavy atom. The maximum absolute atomic E-state index is 12.1. The summed E-state index contributed by atoms with van der Waals surface area (Å²) in [5, 5.41) is 23.0. The van der Waals surface area contributed by atoms with Crippen molar-refractivity contribution in [3.8, 4) is 0 Å². The summed E-state index contributed by atoms with van der Waals surface area (Å²) in [6, 6.07) is 3.72. The second-order valence-electron chi connectivity index (χ2n) is 5.52. The van der Waals surface area contributed by atoms with Gasteiger partial charge in [-0.1, -0.05) is 25.4 Å². The minimum atomic E-state index is -0.602. The van der Waals surface area contributed by atoms with Gasteiger partial charge in [0.1, 0.15) is 5.02 Å². The average molecular weight is 299 g/mol. The number of carbonyl (C=O) groups is 1. The molecule has 0 spiro atoms. The lowest BCUT2D eigenvalue weighted by molar-refractivity contribution is -0.384. The highest BCUT2D eigenvalue weighted by Crippen LogP contribution is 2.40. The minimum Gasteiger partial charge on any atom is -0.392 e. The van der Waals surface area contributed by atoms with Crippen molar-refractivity contribution < 1.29 is 14.8 Å². The van der Waals surface area contributed by atoms with Crippen LogP contribution in [0.2, 0.25) is 5.02 Å². The van der Waals surface area contributed by atoms with Crippen LogP contribution in [-0.4, -0.2) is 28.1 Å². The molecule has 0 saturated heterocycles. The first kappa shape index (κ1) is 14.7. The van der Waals surface area contributed by atoms with Crippen molar-refractivity contribution in [2.24, 2.45) is 5.41 Å². The standard InChI is InChI=1S/C13H15ClN2O4/c1-13(2)10(6-11(13)17)15-12(18)7-3-4-9(16(19)20)8(14)5-7/h3-5,10-11,17H,6H2,1-2H3,(H,15,18). The summed E-state index contributed by atoms with van der Waals surface area (Å²) in [6.07, 6.45) is 0.0627. The summed E-state index contributed by atoms with van der Waals surface area (Å²) < 4.78 is 0. The van der Waals surface area contributed by atoms with Gasteiger partial charge in [-0.05, 0) is 18.6 Å². The molecule has 1 aromatic rings. The van der Waals surface area contributed by atoms with Gasteiger partial charge in [0.25, 0.3) is 11.6 Å². The van der Waals surface area contributed by atoms with E-state index in [1.165, 1.54) is 18.2 Å². The molecule has 2 unspecified atom stereocenters. The number of nitro groups is 1. The van der Waals surface area contributed by atoms with E-state index < -0.39 is 11.0 Å². The smallest absolute Gasteiger partial charge is 0.287 e. The number of nitrogens with zero attached hydrogens (tertiary/aromatic N) is 1. The Kier molecular flexibility index (Phi) is 3.71. The number of nitrogens with one attached hydrogen (secondary N) is 1. The van der Waals surface area contributed by atoms with Gasteiger partial charge in [-0.3, -0.25) is 14.9 Å². The van der Waals surface area contributed by atoms with Crippen molar-refractivity contribution in [2.45, 2.75) is 32.4 Å². The van der Waals surface area contributed by atoms with E-state index in [1.807, 2.05) is 13.8 Å². The molecule has 1 aromatic carbocycles. The Hall–Kier alpha value is -1.66. The Bertz CT molecular complexity index is 573. The number of hydrogen-bond acceptors (Lipinski definition) is 4. The topological polar surface area (TPSA) is 92.5 Å². The highest BCUT2D eigenvalue weighted by Gasteiger charge is 2.48. The summed E-state index contributed by atoms with van der Waals surface area (Å²) in [7, 11) is 0. The van der Waals surface area contributed by atoms with Gasteiger partial charge in [-0.2, -0.15) is 0 Å². The lowest BCUT2D eigenvalue weighted by Crippen LogP contribution is -2.61. The predicted molar refractivity (Wildman–Crippen MR) is 73.8 cm³/mol. The number of hydrogen-bond donors (Lipinski definition) is 2. The van der Waals surface area contributed by atoms with E-state index in [-0.39, 0.29) is 33.6 Å². The summed E-state index contributed by atoms with van der Waals surface area (Å²) in [4.78, 5) is 22.1. The van der Waals surface area contributed by atoms with Gasteiger partial charge in [0.15, 0.2) is 0 Å². The van der Waals surface area contributed by atoms with Gasteiger partial charge >= 0.3 is 0 Å². The maximum Gasteiger partial charge on any atom is 0.287 e. The lowest BCUT2D eigenvalue weighted by Gasteiger charge is -2.49. The van der Waals surface area contributed by atoms with Gasteiger partial charge in [0.05, 0.1) is 11.0 Å². The molecule has 1 amide bonds. The number of benzene rings is 1. The number of halogens is 1. The molecule has 0 aliphatic heterocycles. The van der Waals surface area contributed by atoms with Crippen molar-refractivity contribution in [3.63, 3.8) is 0 Å². The number of carbonyl (C=O) groups excluding carboxylic acids is 1. The number of aliphatic hydroxyl groups excluding tert-OH is 1. The molecule has 7 heteroatoms. The summed E-state index contributed by atoms with van der Waals surface area (Å²) in [5.41, 5.74) is -0.347. The van der Waals surface area contributed by atoms with Crippen LogP contribution in [0.3, 0.4) is 0 Å². The Balaban J connectivity index is 2.11. The van der Waals surface area contributed by atoms with E-state index in [1.54, 1.807) is 0 Å². The second kappa shape index (κ2) is 5.03. The predicted octanol–water partition coefficient (Wildman–Crippen LogP) is 2.14. The quantitative estimate of drug-likeness (QED) is 0.660. The molecule has 1 fully saturated rings. The normalized spacial score (nSPS) is 23.8. The fraction of sp³-hybridized carbons (Fsp3) is 0.462. The summed E-state index contributed by atoms with van der Waals surface area (Å²) in [6.45, 7) is 3.74. The van der Waals surface area contributed by atoms with Crippen LogP contribution < -0.4 is 5.32 Å². The van der Waals surface area contributed by atoms with Crippen LogP contribution >= 0.6 is 11.6 Å². The van der Waals surface area contributed by atoms with E-state index in [0.29, 0.717) is 6.42 Å². The molecule has 2 N–H and O–H groups in total. The molecule has 2 rings (SSSR count).